The number of methoxy groups -OCH3 is 1. The van der Waals surface area contributed by atoms with Gasteiger partial charge in [-0.3, -0.25) is 0 Å². The van der Waals surface area contributed by atoms with Gasteiger partial charge in [0.15, 0.2) is 0 Å². The number of carbonyl (C=O) groups is 1. The van der Waals surface area contributed by atoms with Gasteiger partial charge in [0, 0.05) is 5.57 Å². The van der Waals surface area contributed by atoms with Crippen molar-refractivity contribution >= 4 is 12.0 Å². The molecule has 0 unspecified atom stereocenters. The Morgan fingerprint density at radius 2 is 1.93 bits per heavy atom. The first-order chi connectivity index (χ1) is 6.63. The first-order valence-corrected chi connectivity index (χ1v) is 4.19. The van der Waals surface area contributed by atoms with E-state index in [9.17, 15) is 4.79 Å². The number of hydrogen-bond donors (Lipinski definition) is 1. The molecule has 0 heterocycles. The second kappa shape index (κ2) is 4.46. The SMILES string of the molecule is COC(=O)/C(C)=C\c1ccc(O)cc1. The van der Waals surface area contributed by atoms with E-state index < -0.39 is 0 Å². The maximum atomic E-state index is 11.0. The van der Waals surface area contributed by atoms with Gasteiger partial charge in [0.25, 0.3) is 0 Å². The largest absolute Gasteiger partial charge is 0.508 e. The van der Waals surface area contributed by atoms with Crippen molar-refractivity contribution in [3.8, 4) is 5.75 Å². The summed E-state index contributed by atoms with van der Waals surface area (Å²) in [6.07, 6.45) is 1.70. The second-order valence-corrected chi connectivity index (χ2v) is 2.91. The summed E-state index contributed by atoms with van der Waals surface area (Å²) in [6, 6.07) is 6.58. The number of phenolic OH excluding ortho intramolecular Hbond substituents is 1. The molecule has 0 aliphatic heterocycles. The first-order valence-electron chi connectivity index (χ1n) is 4.19. The lowest BCUT2D eigenvalue weighted by Gasteiger charge is -1.99. The van der Waals surface area contributed by atoms with Gasteiger partial charge in [-0.05, 0) is 30.7 Å². The van der Waals surface area contributed by atoms with Gasteiger partial charge >= 0.3 is 5.97 Å². The van der Waals surface area contributed by atoms with Gasteiger partial charge in [0.05, 0.1) is 7.11 Å². The Labute approximate surface area is 82.6 Å². The van der Waals surface area contributed by atoms with E-state index in [1.807, 2.05) is 0 Å². The van der Waals surface area contributed by atoms with Crippen LogP contribution in [-0.2, 0) is 9.53 Å². The molecule has 0 atom stereocenters. The molecule has 0 bridgehead atoms. The lowest BCUT2D eigenvalue weighted by atomic mass is 10.1. The van der Waals surface area contributed by atoms with E-state index in [4.69, 9.17) is 5.11 Å². The highest BCUT2D eigenvalue weighted by molar-refractivity contribution is 5.92. The summed E-state index contributed by atoms with van der Waals surface area (Å²) >= 11 is 0. The number of rotatable bonds is 2. The highest BCUT2D eigenvalue weighted by atomic mass is 16.5. The number of esters is 1. The highest BCUT2D eigenvalue weighted by Crippen LogP contribution is 2.12. The molecule has 0 aromatic heterocycles. The van der Waals surface area contributed by atoms with Crippen molar-refractivity contribution in [2.24, 2.45) is 0 Å². The highest BCUT2D eigenvalue weighted by Gasteiger charge is 2.02. The summed E-state index contributed by atoms with van der Waals surface area (Å²) in [5.41, 5.74) is 1.38. The fourth-order valence-corrected chi connectivity index (χ4v) is 1.04. The van der Waals surface area contributed by atoms with Crippen molar-refractivity contribution in [1.29, 1.82) is 0 Å². The summed E-state index contributed by atoms with van der Waals surface area (Å²) in [6.45, 7) is 1.68. The van der Waals surface area contributed by atoms with Crippen LogP contribution in [0.4, 0.5) is 0 Å². The van der Waals surface area contributed by atoms with Gasteiger partial charge in [-0.2, -0.15) is 0 Å². The summed E-state index contributed by atoms with van der Waals surface area (Å²) in [4.78, 5) is 11.0. The molecular formula is C11H12O3. The smallest absolute Gasteiger partial charge is 0.333 e. The van der Waals surface area contributed by atoms with E-state index >= 15 is 0 Å². The van der Waals surface area contributed by atoms with Crippen LogP contribution < -0.4 is 0 Å². The summed E-state index contributed by atoms with van der Waals surface area (Å²) < 4.78 is 4.55. The molecule has 74 valence electrons. The van der Waals surface area contributed by atoms with Gasteiger partial charge < -0.3 is 9.84 Å². The van der Waals surface area contributed by atoms with Crippen LogP contribution in [0.1, 0.15) is 12.5 Å². The van der Waals surface area contributed by atoms with Crippen molar-refractivity contribution in [3.05, 3.63) is 35.4 Å². The molecule has 0 spiro atoms. The van der Waals surface area contributed by atoms with Crippen LogP contribution in [0, 0.1) is 0 Å². The van der Waals surface area contributed by atoms with Crippen LogP contribution in [0.3, 0.4) is 0 Å². The minimum absolute atomic E-state index is 0.206. The van der Waals surface area contributed by atoms with Crippen LogP contribution in [0.2, 0.25) is 0 Å². The van der Waals surface area contributed by atoms with Gasteiger partial charge in [0.2, 0.25) is 0 Å². The Morgan fingerprint density at radius 3 is 2.43 bits per heavy atom. The van der Waals surface area contributed by atoms with Gasteiger partial charge in [-0.15, -0.1) is 0 Å². The third kappa shape index (κ3) is 2.62. The molecule has 1 aromatic rings. The maximum absolute atomic E-state index is 11.0. The first kappa shape index (κ1) is 10.3. The molecule has 0 saturated carbocycles. The Kier molecular flexibility index (Phi) is 3.29. The molecule has 1 aromatic carbocycles. The Balaban J connectivity index is 2.86. The normalized spacial score (nSPS) is 11.1. The van der Waals surface area contributed by atoms with E-state index in [0.29, 0.717) is 5.57 Å². The van der Waals surface area contributed by atoms with Crippen molar-refractivity contribution in [3.63, 3.8) is 0 Å². The molecule has 3 heteroatoms. The molecule has 0 fully saturated rings. The molecule has 14 heavy (non-hydrogen) atoms. The summed E-state index contributed by atoms with van der Waals surface area (Å²) in [5, 5.41) is 9.03. The Bertz CT molecular complexity index is 349. The van der Waals surface area contributed by atoms with E-state index in [-0.39, 0.29) is 11.7 Å². The summed E-state index contributed by atoms with van der Waals surface area (Å²) in [7, 11) is 1.34. The van der Waals surface area contributed by atoms with Crippen molar-refractivity contribution < 1.29 is 14.6 Å². The zero-order valence-electron chi connectivity index (χ0n) is 8.15. The number of aromatic hydroxyl groups is 1. The van der Waals surface area contributed by atoms with E-state index in [2.05, 4.69) is 4.74 Å². The summed E-state index contributed by atoms with van der Waals surface area (Å²) in [5.74, 6) is -0.143. The average molecular weight is 192 g/mol. The molecular weight excluding hydrogens is 180 g/mol. The Morgan fingerprint density at radius 1 is 1.36 bits per heavy atom. The molecule has 3 nitrogen and oxygen atoms in total. The molecule has 0 amide bonds. The fourth-order valence-electron chi connectivity index (χ4n) is 1.04. The zero-order chi connectivity index (χ0) is 10.6. The van der Waals surface area contributed by atoms with Crippen LogP contribution in [0.5, 0.6) is 5.75 Å². The standard InChI is InChI=1S/C11H12O3/c1-8(11(13)14-2)7-9-3-5-10(12)6-4-9/h3-7,12H,1-2H3/b8-7-. The molecule has 0 aliphatic carbocycles. The molecule has 0 saturated heterocycles. The second-order valence-electron chi connectivity index (χ2n) is 2.91. The van der Waals surface area contributed by atoms with Gasteiger partial charge in [-0.1, -0.05) is 12.1 Å². The quantitative estimate of drug-likeness (QED) is 0.575. The van der Waals surface area contributed by atoms with Crippen molar-refractivity contribution in [1.82, 2.24) is 0 Å². The number of benzene rings is 1. The predicted molar refractivity (Wildman–Crippen MR) is 53.8 cm³/mol. The van der Waals surface area contributed by atoms with E-state index in [0.717, 1.165) is 5.56 Å². The number of ether oxygens (including phenoxy) is 1. The Hall–Kier alpha value is -1.77. The minimum Gasteiger partial charge on any atom is -0.508 e. The molecule has 1 N–H and O–H groups in total. The third-order valence-electron chi connectivity index (χ3n) is 1.78. The molecule has 0 aliphatic rings. The minimum atomic E-state index is -0.349. The van der Waals surface area contributed by atoms with Crippen LogP contribution >= 0.6 is 0 Å². The number of carbonyl (C=O) groups excluding carboxylic acids is 1. The lowest BCUT2D eigenvalue weighted by Crippen LogP contribution is -2.00. The van der Waals surface area contributed by atoms with Crippen LogP contribution in [-0.4, -0.2) is 18.2 Å². The molecule has 0 radical (unpaired) electrons. The van der Waals surface area contributed by atoms with E-state index in [1.54, 1.807) is 37.3 Å². The zero-order valence-corrected chi connectivity index (χ0v) is 8.15. The van der Waals surface area contributed by atoms with Crippen molar-refractivity contribution in [2.45, 2.75) is 6.92 Å². The number of hydrogen-bond acceptors (Lipinski definition) is 3. The monoisotopic (exact) mass is 192 g/mol. The predicted octanol–water partition coefficient (Wildman–Crippen LogP) is 1.97. The van der Waals surface area contributed by atoms with Crippen LogP contribution in [0.25, 0.3) is 6.08 Å². The van der Waals surface area contributed by atoms with Gasteiger partial charge in [0.1, 0.15) is 5.75 Å². The lowest BCUT2D eigenvalue weighted by molar-refractivity contribution is -0.135. The molecule has 1 rings (SSSR count). The van der Waals surface area contributed by atoms with Crippen LogP contribution in [0.15, 0.2) is 29.8 Å². The maximum Gasteiger partial charge on any atom is 0.333 e. The average Bonchev–Trinajstić information content (AvgIpc) is 2.20. The fraction of sp³-hybridized carbons (Fsp3) is 0.182. The van der Waals surface area contributed by atoms with Gasteiger partial charge in [-0.25, -0.2) is 4.79 Å². The topological polar surface area (TPSA) is 46.5 Å². The third-order valence-corrected chi connectivity index (χ3v) is 1.78. The van der Waals surface area contributed by atoms with Crippen molar-refractivity contribution in [2.75, 3.05) is 7.11 Å². The number of phenols is 1. The van der Waals surface area contributed by atoms with E-state index in [1.165, 1.54) is 7.11 Å².